The van der Waals surface area contributed by atoms with E-state index in [9.17, 15) is 13.2 Å². The van der Waals surface area contributed by atoms with Crippen molar-refractivity contribution in [3.05, 3.63) is 47.5 Å². The first-order chi connectivity index (χ1) is 12.7. The molecule has 0 aliphatic rings. The van der Waals surface area contributed by atoms with Gasteiger partial charge in [-0.3, -0.25) is 9.10 Å². The molecule has 0 radical (unpaired) electrons. The van der Waals surface area contributed by atoms with Crippen LogP contribution in [0.5, 0.6) is 5.75 Å². The molecule has 0 bridgehead atoms. The van der Waals surface area contributed by atoms with Gasteiger partial charge in [0, 0.05) is 4.90 Å². The number of hydrogen-bond donors (Lipinski definition) is 1. The summed E-state index contributed by atoms with van der Waals surface area (Å²) in [6.07, 6.45) is 2.95. The molecule has 1 atom stereocenters. The van der Waals surface area contributed by atoms with Crippen LogP contribution in [-0.2, 0) is 14.8 Å². The number of anilines is 2. The summed E-state index contributed by atoms with van der Waals surface area (Å²) in [5.74, 6) is -0.0336. The second-order valence-corrected chi connectivity index (χ2v) is 8.86. The molecule has 0 fully saturated rings. The largest absolute Gasteiger partial charge is 0.495 e. The van der Waals surface area contributed by atoms with Crippen LogP contribution in [0.4, 0.5) is 11.4 Å². The molecule has 6 nitrogen and oxygen atoms in total. The Morgan fingerprint density at radius 1 is 1.26 bits per heavy atom. The number of amides is 1. The van der Waals surface area contributed by atoms with Crippen LogP contribution in [-0.4, -0.2) is 40.0 Å². The minimum Gasteiger partial charge on any atom is -0.495 e. The van der Waals surface area contributed by atoms with Crippen LogP contribution < -0.4 is 14.4 Å². The summed E-state index contributed by atoms with van der Waals surface area (Å²) in [7, 11) is -2.27. The van der Waals surface area contributed by atoms with Crippen LogP contribution in [0.25, 0.3) is 0 Å². The van der Waals surface area contributed by atoms with E-state index in [2.05, 4.69) is 5.32 Å². The summed E-state index contributed by atoms with van der Waals surface area (Å²) >= 11 is 7.62. The molecule has 1 N–H and O–H groups in total. The summed E-state index contributed by atoms with van der Waals surface area (Å²) in [5, 5.41) is 3.05. The molecule has 0 aliphatic heterocycles. The number of sulfonamides is 1. The van der Waals surface area contributed by atoms with E-state index < -0.39 is 22.0 Å². The molecule has 9 heteroatoms. The molecule has 0 saturated carbocycles. The van der Waals surface area contributed by atoms with Crippen molar-refractivity contribution >= 4 is 50.7 Å². The first-order valence-electron chi connectivity index (χ1n) is 7.96. The van der Waals surface area contributed by atoms with Crippen LogP contribution >= 0.6 is 23.4 Å². The number of hydrogen-bond acceptors (Lipinski definition) is 5. The SMILES string of the molecule is COc1ccc(N([C@H](C)C(=O)Nc2ccccc2SC)S(C)(=O)=O)cc1Cl. The number of methoxy groups -OCH3 is 1. The lowest BCUT2D eigenvalue weighted by molar-refractivity contribution is -0.116. The van der Waals surface area contributed by atoms with E-state index in [0.717, 1.165) is 15.5 Å². The second kappa shape index (κ2) is 8.86. The van der Waals surface area contributed by atoms with Crippen LogP contribution in [0.1, 0.15) is 6.92 Å². The zero-order valence-electron chi connectivity index (χ0n) is 15.4. The fraction of sp³-hybridized carbons (Fsp3) is 0.278. The van der Waals surface area contributed by atoms with E-state index in [1.165, 1.54) is 31.9 Å². The minimum absolute atomic E-state index is 0.254. The van der Waals surface area contributed by atoms with Crippen molar-refractivity contribution in [1.29, 1.82) is 0 Å². The Balaban J connectivity index is 2.36. The molecular weight excluding hydrogens is 408 g/mol. The standard InChI is InChI=1S/C18H21ClN2O4S2/c1-12(18(22)20-15-7-5-6-8-17(15)26-3)21(27(4,23)24)13-9-10-16(25-2)14(19)11-13/h5-12H,1-4H3,(H,20,22)/t12-/m1/s1. The number of carbonyl (C=O) groups is 1. The first kappa shape index (κ1) is 21.4. The Morgan fingerprint density at radius 3 is 2.48 bits per heavy atom. The summed E-state index contributed by atoms with van der Waals surface area (Å²) in [5.41, 5.74) is 0.909. The van der Waals surface area contributed by atoms with Gasteiger partial charge in [0.1, 0.15) is 11.8 Å². The highest BCUT2D eigenvalue weighted by molar-refractivity contribution is 7.98. The van der Waals surface area contributed by atoms with Crippen molar-refractivity contribution in [2.45, 2.75) is 17.9 Å². The predicted molar refractivity (Wildman–Crippen MR) is 112 cm³/mol. The van der Waals surface area contributed by atoms with E-state index in [1.54, 1.807) is 24.3 Å². The van der Waals surface area contributed by atoms with E-state index in [0.29, 0.717) is 11.4 Å². The lowest BCUT2D eigenvalue weighted by Gasteiger charge is -2.28. The van der Waals surface area contributed by atoms with Crippen LogP contribution in [0.15, 0.2) is 47.4 Å². The molecule has 27 heavy (non-hydrogen) atoms. The minimum atomic E-state index is -3.74. The molecule has 2 aromatic carbocycles. The number of nitrogens with zero attached hydrogens (tertiary/aromatic N) is 1. The Hall–Kier alpha value is -1.90. The van der Waals surface area contributed by atoms with Crippen LogP contribution in [0.3, 0.4) is 0 Å². The topological polar surface area (TPSA) is 75.7 Å². The van der Waals surface area contributed by atoms with Gasteiger partial charge in [0.25, 0.3) is 0 Å². The Kier molecular flexibility index (Phi) is 7.02. The Morgan fingerprint density at radius 2 is 1.93 bits per heavy atom. The molecule has 0 unspecified atom stereocenters. The third kappa shape index (κ3) is 5.09. The van der Waals surface area contributed by atoms with Crippen molar-refractivity contribution in [3.63, 3.8) is 0 Å². The molecule has 146 valence electrons. The third-order valence-electron chi connectivity index (χ3n) is 3.84. The van der Waals surface area contributed by atoms with Crippen molar-refractivity contribution in [3.8, 4) is 5.75 Å². The van der Waals surface area contributed by atoms with Gasteiger partial charge in [-0.05, 0) is 43.5 Å². The fourth-order valence-corrected chi connectivity index (χ4v) is 4.56. The van der Waals surface area contributed by atoms with Crippen molar-refractivity contribution in [2.75, 3.05) is 29.2 Å². The highest BCUT2D eigenvalue weighted by Crippen LogP contribution is 2.32. The Labute approximate surface area is 168 Å². The van der Waals surface area contributed by atoms with Crippen molar-refractivity contribution in [2.24, 2.45) is 0 Å². The lowest BCUT2D eigenvalue weighted by atomic mass is 10.2. The first-order valence-corrected chi connectivity index (χ1v) is 11.4. The monoisotopic (exact) mass is 428 g/mol. The molecular formula is C18H21ClN2O4S2. The fourth-order valence-electron chi connectivity index (χ4n) is 2.59. The second-order valence-electron chi connectivity index (χ2n) is 5.74. The number of rotatable bonds is 7. The third-order valence-corrected chi connectivity index (χ3v) is 6.18. The lowest BCUT2D eigenvalue weighted by Crippen LogP contribution is -2.45. The van der Waals surface area contributed by atoms with Gasteiger partial charge in [0.2, 0.25) is 15.9 Å². The normalized spacial score (nSPS) is 12.3. The van der Waals surface area contributed by atoms with Crippen LogP contribution in [0.2, 0.25) is 5.02 Å². The Bertz CT molecular complexity index is 935. The predicted octanol–water partition coefficient (Wildman–Crippen LogP) is 3.86. The summed E-state index contributed by atoms with van der Waals surface area (Å²) in [6.45, 7) is 1.52. The van der Waals surface area contributed by atoms with Gasteiger partial charge in [-0.1, -0.05) is 23.7 Å². The van der Waals surface area contributed by atoms with Gasteiger partial charge in [-0.15, -0.1) is 11.8 Å². The van der Waals surface area contributed by atoms with Gasteiger partial charge in [0.05, 0.1) is 29.8 Å². The maximum Gasteiger partial charge on any atom is 0.248 e. The summed E-state index contributed by atoms with van der Waals surface area (Å²) in [6, 6.07) is 10.9. The maximum atomic E-state index is 12.8. The van der Waals surface area contributed by atoms with Crippen molar-refractivity contribution in [1.82, 2.24) is 0 Å². The van der Waals surface area contributed by atoms with E-state index >= 15 is 0 Å². The van der Waals surface area contributed by atoms with E-state index in [-0.39, 0.29) is 10.7 Å². The summed E-state index contributed by atoms with van der Waals surface area (Å²) < 4.78 is 30.9. The summed E-state index contributed by atoms with van der Waals surface area (Å²) in [4.78, 5) is 13.7. The van der Waals surface area contributed by atoms with Gasteiger partial charge in [-0.2, -0.15) is 0 Å². The van der Waals surface area contributed by atoms with E-state index in [4.69, 9.17) is 16.3 Å². The average Bonchev–Trinajstić information content (AvgIpc) is 2.61. The van der Waals surface area contributed by atoms with Gasteiger partial charge >= 0.3 is 0 Å². The zero-order chi connectivity index (χ0) is 20.2. The maximum absolute atomic E-state index is 12.8. The number of halogens is 1. The van der Waals surface area contributed by atoms with E-state index in [1.807, 2.05) is 18.4 Å². The number of carbonyl (C=O) groups excluding carboxylic acids is 1. The highest BCUT2D eigenvalue weighted by Gasteiger charge is 2.30. The number of ether oxygens (including phenoxy) is 1. The van der Waals surface area contributed by atoms with Gasteiger partial charge in [-0.25, -0.2) is 8.42 Å². The number of nitrogens with one attached hydrogen (secondary N) is 1. The number of thioether (sulfide) groups is 1. The highest BCUT2D eigenvalue weighted by atomic mass is 35.5. The average molecular weight is 429 g/mol. The van der Waals surface area contributed by atoms with Crippen LogP contribution in [0, 0.1) is 0 Å². The molecule has 2 aromatic rings. The molecule has 2 rings (SSSR count). The smallest absolute Gasteiger partial charge is 0.248 e. The number of para-hydroxylation sites is 1. The molecule has 1 amide bonds. The quantitative estimate of drug-likeness (QED) is 0.677. The van der Waals surface area contributed by atoms with Crippen molar-refractivity contribution < 1.29 is 17.9 Å². The molecule has 0 saturated heterocycles. The molecule has 0 heterocycles. The molecule has 0 spiro atoms. The molecule has 0 aromatic heterocycles. The van der Waals surface area contributed by atoms with Gasteiger partial charge in [0.15, 0.2) is 0 Å². The van der Waals surface area contributed by atoms with Gasteiger partial charge < -0.3 is 10.1 Å². The number of benzene rings is 2. The molecule has 0 aliphatic carbocycles. The zero-order valence-corrected chi connectivity index (χ0v) is 17.8.